The quantitative estimate of drug-likeness (QED) is 0.109. The van der Waals surface area contributed by atoms with Gasteiger partial charge in [0.05, 0.1) is 55.5 Å². The van der Waals surface area contributed by atoms with E-state index in [4.69, 9.17) is 18.3 Å². The zero-order chi connectivity index (χ0) is 42.4. The van der Waals surface area contributed by atoms with E-state index < -0.39 is 29.9 Å². The molecule has 8 rings (SSSR count). The Bertz CT molecular complexity index is 2670. The van der Waals surface area contributed by atoms with Gasteiger partial charge in [-0.1, -0.05) is 33.8 Å². The van der Waals surface area contributed by atoms with E-state index in [0.717, 1.165) is 24.0 Å². The molecule has 4 aromatic heterocycles. The topological polar surface area (TPSA) is 218 Å². The van der Waals surface area contributed by atoms with Gasteiger partial charge in [0.25, 0.3) is 0 Å². The SMILES string of the molecule is COC(=O)NC(C(=O)N1CCC[C@H]1c1ncc(-c2ccc3oc4c5ccc(-c6cnc([C@@H]7CCCN7C(=O)[C@@H](NC(=O)OC)C(C)C)[nH]6)cc5oc(=O)c4c3c2)[nH]1)C(C)C. The molecule has 4 amide bonds. The van der Waals surface area contributed by atoms with Crippen LogP contribution in [0.1, 0.15) is 77.1 Å². The van der Waals surface area contributed by atoms with Gasteiger partial charge in [0.1, 0.15) is 40.3 Å². The van der Waals surface area contributed by atoms with Crippen molar-refractivity contribution in [3.63, 3.8) is 0 Å². The molecule has 17 nitrogen and oxygen atoms in total. The molecule has 6 aromatic rings. The van der Waals surface area contributed by atoms with E-state index >= 15 is 0 Å². The molecule has 17 heteroatoms. The summed E-state index contributed by atoms with van der Waals surface area (Å²) in [5.74, 6) is 0.543. The highest BCUT2D eigenvalue weighted by Gasteiger charge is 2.39. The van der Waals surface area contributed by atoms with E-state index in [1.54, 1.807) is 34.3 Å². The van der Waals surface area contributed by atoms with Crippen LogP contribution in [0.3, 0.4) is 0 Å². The van der Waals surface area contributed by atoms with Gasteiger partial charge in [0.15, 0.2) is 5.58 Å². The number of alkyl carbamates (subject to hydrolysis) is 2. The van der Waals surface area contributed by atoms with Gasteiger partial charge in [-0.25, -0.2) is 24.4 Å². The van der Waals surface area contributed by atoms with Crippen molar-refractivity contribution in [2.24, 2.45) is 11.8 Å². The monoisotopic (exact) mass is 820 g/mol. The first-order chi connectivity index (χ1) is 28.9. The van der Waals surface area contributed by atoms with Crippen LogP contribution in [0.2, 0.25) is 0 Å². The Morgan fingerprint density at radius 1 is 0.717 bits per heavy atom. The molecule has 2 aromatic carbocycles. The van der Waals surface area contributed by atoms with Gasteiger partial charge in [-0.05, 0) is 67.9 Å². The van der Waals surface area contributed by atoms with Gasteiger partial charge in [-0.15, -0.1) is 0 Å². The zero-order valence-corrected chi connectivity index (χ0v) is 34.3. The van der Waals surface area contributed by atoms with Crippen LogP contribution in [0.5, 0.6) is 0 Å². The van der Waals surface area contributed by atoms with E-state index in [-0.39, 0.29) is 35.7 Å². The Morgan fingerprint density at radius 2 is 1.23 bits per heavy atom. The number of imidazole rings is 2. The second-order valence-corrected chi connectivity index (χ2v) is 16.1. The second-order valence-electron chi connectivity index (χ2n) is 16.1. The standard InChI is InChI=1S/C43H48N8O9/c1-21(2)34(48-42(55)57-5)39(52)50-15-7-9-29(50)37-44-19-27(46-37)23-12-14-31-26(17-23)33-36(59-31)25-13-11-24(18-32(25)60-41(33)54)28-20-45-38(47-28)30-10-8-16-51(30)40(53)35(22(3)4)49-43(56)58-6/h11-14,17-22,29-30,34-35H,7-10,15-16H2,1-6H3,(H,44,46)(H,45,47)(H,48,55)(H,49,56)/t29-,30-,34?,35-/m0/s1. The molecule has 0 aliphatic carbocycles. The van der Waals surface area contributed by atoms with E-state index in [0.29, 0.717) is 81.9 Å². The molecule has 6 heterocycles. The van der Waals surface area contributed by atoms with Gasteiger partial charge >= 0.3 is 17.8 Å². The van der Waals surface area contributed by atoms with E-state index in [9.17, 15) is 24.0 Å². The molecule has 0 spiro atoms. The summed E-state index contributed by atoms with van der Waals surface area (Å²) in [6, 6.07) is 8.94. The predicted octanol–water partition coefficient (Wildman–Crippen LogP) is 6.56. The van der Waals surface area contributed by atoms with Crippen LogP contribution in [0, 0.1) is 11.8 Å². The van der Waals surface area contributed by atoms with E-state index in [2.05, 4.69) is 30.6 Å². The number of ether oxygens (including phenoxy) is 2. The highest BCUT2D eigenvalue weighted by atomic mass is 16.5. The molecule has 2 aliphatic heterocycles. The molecule has 4 N–H and O–H groups in total. The minimum absolute atomic E-state index is 0.153. The number of hydrogen-bond acceptors (Lipinski definition) is 11. The summed E-state index contributed by atoms with van der Waals surface area (Å²) in [5.41, 5.74) is 3.56. The average molecular weight is 821 g/mol. The van der Waals surface area contributed by atoms with Gasteiger partial charge in [0, 0.05) is 29.6 Å². The molecule has 0 bridgehead atoms. The molecule has 314 valence electrons. The molecule has 2 fully saturated rings. The number of benzene rings is 2. The largest absolute Gasteiger partial charge is 0.455 e. The lowest BCUT2D eigenvalue weighted by atomic mass is 10.0. The minimum atomic E-state index is -0.745. The molecule has 4 atom stereocenters. The number of likely N-dealkylation sites (tertiary alicyclic amines) is 2. The third kappa shape index (κ3) is 7.32. The maximum atomic E-state index is 13.7. The first-order valence-electron chi connectivity index (χ1n) is 20.2. The highest BCUT2D eigenvalue weighted by molar-refractivity contribution is 6.13. The summed E-state index contributed by atoms with van der Waals surface area (Å²) in [6.07, 6.45) is 5.07. The summed E-state index contributed by atoms with van der Waals surface area (Å²) < 4.78 is 21.7. The maximum absolute atomic E-state index is 13.7. The lowest BCUT2D eigenvalue weighted by molar-refractivity contribution is -0.136. The maximum Gasteiger partial charge on any atom is 0.407 e. The normalized spacial score (nSPS) is 17.9. The second kappa shape index (κ2) is 16.2. The highest BCUT2D eigenvalue weighted by Crippen LogP contribution is 2.38. The van der Waals surface area contributed by atoms with Crippen molar-refractivity contribution in [3.05, 3.63) is 70.9 Å². The van der Waals surface area contributed by atoms with E-state index in [1.807, 2.05) is 52.0 Å². The number of fused-ring (bicyclic) bond motifs is 5. The summed E-state index contributed by atoms with van der Waals surface area (Å²) in [5, 5.41) is 6.86. The van der Waals surface area contributed by atoms with Crippen molar-refractivity contribution in [2.75, 3.05) is 27.3 Å². The van der Waals surface area contributed by atoms with Crippen molar-refractivity contribution >= 4 is 56.9 Å². The third-order valence-corrected chi connectivity index (χ3v) is 11.6. The molecule has 0 radical (unpaired) electrons. The summed E-state index contributed by atoms with van der Waals surface area (Å²) >= 11 is 0. The number of aromatic nitrogens is 4. The summed E-state index contributed by atoms with van der Waals surface area (Å²) in [7, 11) is 2.53. The van der Waals surface area contributed by atoms with Crippen molar-refractivity contribution in [3.8, 4) is 22.5 Å². The predicted molar refractivity (Wildman–Crippen MR) is 221 cm³/mol. The van der Waals surface area contributed by atoms with E-state index in [1.165, 1.54) is 14.2 Å². The lowest BCUT2D eigenvalue weighted by Crippen LogP contribution is -2.51. The summed E-state index contributed by atoms with van der Waals surface area (Å²) in [6.45, 7) is 8.55. The van der Waals surface area contributed by atoms with Gasteiger partial charge in [-0.2, -0.15) is 0 Å². The molecular formula is C43H48N8O9. The van der Waals surface area contributed by atoms with Crippen molar-refractivity contribution < 1.29 is 37.5 Å². The number of carbonyl (C=O) groups is 4. The number of hydrogen-bond donors (Lipinski definition) is 4. The fraction of sp³-hybridized carbons (Fsp3) is 0.419. The number of methoxy groups -OCH3 is 2. The third-order valence-electron chi connectivity index (χ3n) is 11.6. The van der Waals surface area contributed by atoms with Crippen LogP contribution in [0.15, 0.2) is 62.4 Å². The van der Waals surface area contributed by atoms with Crippen LogP contribution >= 0.6 is 0 Å². The van der Waals surface area contributed by atoms with Crippen LogP contribution < -0.4 is 16.3 Å². The van der Waals surface area contributed by atoms with Gasteiger partial charge < -0.3 is 48.7 Å². The Hall–Kier alpha value is -6.65. The lowest BCUT2D eigenvalue weighted by Gasteiger charge is -2.30. The summed E-state index contributed by atoms with van der Waals surface area (Å²) in [4.78, 5) is 84.5. The number of aromatic amines is 2. The number of nitrogens with zero attached hydrogens (tertiary/aromatic N) is 4. The fourth-order valence-corrected chi connectivity index (χ4v) is 8.46. The number of rotatable bonds is 10. The number of amides is 4. The average Bonchev–Trinajstić information content (AvgIpc) is 4.09. The molecule has 60 heavy (non-hydrogen) atoms. The number of H-pyrrole nitrogens is 2. The first kappa shape index (κ1) is 40.1. The van der Waals surface area contributed by atoms with Crippen molar-refractivity contribution in [1.82, 2.24) is 40.4 Å². The van der Waals surface area contributed by atoms with Crippen LogP contribution in [0.25, 0.3) is 55.4 Å². The smallest absolute Gasteiger partial charge is 0.407 e. The molecule has 2 aliphatic rings. The molecule has 0 saturated carbocycles. The molecular weight excluding hydrogens is 773 g/mol. The number of carbonyl (C=O) groups excluding carboxylic acids is 4. The fourth-order valence-electron chi connectivity index (χ4n) is 8.46. The van der Waals surface area contributed by atoms with Crippen LogP contribution in [0.4, 0.5) is 9.59 Å². The Balaban J connectivity index is 1.04. The molecule has 1 unspecified atom stereocenters. The van der Waals surface area contributed by atoms with Crippen LogP contribution in [-0.2, 0) is 19.1 Å². The Morgan fingerprint density at radius 3 is 1.75 bits per heavy atom. The first-order valence-corrected chi connectivity index (χ1v) is 20.2. The molecule has 2 saturated heterocycles. The minimum Gasteiger partial charge on any atom is -0.455 e. The van der Waals surface area contributed by atoms with Gasteiger partial charge in [0.2, 0.25) is 11.8 Å². The van der Waals surface area contributed by atoms with Crippen molar-refractivity contribution in [2.45, 2.75) is 77.5 Å². The van der Waals surface area contributed by atoms with Gasteiger partial charge in [-0.3, -0.25) is 9.59 Å². The number of furan rings is 1. The Labute approximate surface area is 344 Å². The zero-order valence-electron chi connectivity index (χ0n) is 34.3. The Kier molecular flexibility index (Phi) is 10.8. The number of nitrogens with one attached hydrogen (secondary N) is 4. The van der Waals surface area contributed by atoms with Crippen LogP contribution in [-0.4, -0.2) is 93.1 Å². The van der Waals surface area contributed by atoms with Crippen molar-refractivity contribution in [1.29, 1.82) is 0 Å².